The molecule has 230 valence electrons. The van der Waals surface area contributed by atoms with Crippen molar-refractivity contribution in [3.63, 3.8) is 0 Å². The number of rotatable bonds is 3. The second-order valence-electron chi connectivity index (χ2n) is 15.8. The molecule has 0 aliphatic heterocycles. The number of benzene rings is 5. The number of nitrogens with zero attached hydrogens (tertiary/aromatic N) is 1. The first-order valence-corrected chi connectivity index (χ1v) is 17.0. The van der Waals surface area contributed by atoms with E-state index in [1.807, 2.05) is 0 Å². The molecule has 0 N–H and O–H groups in total. The maximum atomic E-state index is 2.55. The molecular weight excluding hydrogens is 555 g/mol. The van der Waals surface area contributed by atoms with E-state index in [9.17, 15) is 0 Å². The van der Waals surface area contributed by atoms with Crippen molar-refractivity contribution >= 4 is 22.6 Å². The Bertz CT molecular complexity index is 2090. The zero-order valence-electron chi connectivity index (χ0n) is 28.7. The van der Waals surface area contributed by atoms with Crippen molar-refractivity contribution in [3.05, 3.63) is 142 Å². The highest BCUT2D eigenvalue weighted by Crippen LogP contribution is 2.55. The van der Waals surface area contributed by atoms with Gasteiger partial charge in [0.25, 0.3) is 0 Å². The summed E-state index contributed by atoms with van der Waals surface area (Å²) in [6.07, 6.45) is 4.61. The van der Waals surface area contributed by atoms with Crippen molar-refractivity contribution in [2.75, 3.05) is 4.90 Å². The van der Waals surface area contributed by atoms with Crippen LogP contribution >= 0.6 is 0 Å². The van der Waals surface area contributed by atoms with E-state index in [1.54, 1.807) is 0 Å². The normalized spacial score (nSPS) is 16.6. The van der Waals surface area contributed by atoms with Crippen molar-refractivity contribution in [2.24, 2.45) is 0 Å². The van der Waals surface area contributed by atoms with Gasteiger partial charge < -0.3 is 4.90 Å². The van der Waals surface area contributed by atoms with Crippen LogP contribution in [0.25, 0.3) is 27.8 Å². The molecule has 0 saturated heterocycles. The van der Waals surface area contributed by atoms with E-state index in [-0.39, 0.29) is 16.2 Å². The summed E-state index contributed by atoms with van der Waals surface area (Å²) >= 11 is 0. The largest absolute Gasteiger partial charge is 0.310 e. The molecule has 5 aromatic carbocycles. The molecule has 0 atom stereocenters. The lowest BCUT2D eigenvalue weighted by Gasteiger charge is -2.32. The summed E-state index contributed by atoms with van der Waals surface area (Å²) in [5.41, 5.74) is 20.4. The second-order valence-corrected chi connectivity index (χ2v) is 15.8. The predicted molar refractivity (Wildman–Crippen MR) is 197 cm³/mol. The zero-order valence-corrected chi connectivity index (χ0v) is 28.7. The number of hydrogen-bond donors (Lipinski definition) is 0. The van der Waals surface area contributed by atoms with Crippen LogP contribution in [-0.4, -0.2) is 0 Å². The fourth-order valence-corrected chi connectivity index (χ4v) is 8.78. The number of fused-ring (bicyclic) bond motifs is 7. The van der Waals surface area contributed by atoms with Crippen LogP contribution in [0.5, 0.6) is 0 Å². The number of allylic oxidation sites excluding steroid dienone is 2. The third-order valence-electron chi connectivity index (χ3n) is 11.2. The Morgan fingerprint density at radius 3 is 1.93 bits per heavy atom. The van der Waals surface area contributed by atoms with Crippen LogP contribution < -0.4 is 4.90 Å². The molecule has 1 nitrogen and oxygen atoms in total. The van der Waals surface area contributed by atoms with Gasteiger partial charge in [-0.25, -0.2) is 0 Å². The molecule has 0 amide bonds. The Hall–Kier alpha value is -4.36. The van der Waals surface area contributed by atoms with Gasteiger partial charge in [0.2, 0.25) is 0 Å². The first-order valence-electron chi connectivity index (χ1n) is 17.0. The summed E-state index contributed by atoms with van der Waals surface area (Å²) in [7, 11) is 0. The Morgan fingerprint density at radius 1 is 0.587 bits per heavy atom. The van der Waals surface area contributed by atoms with E-state index in [0.717, 1.165) is 12.8 Å². The topological polar surface area (TPSA) is 3.24 Å². The van der Waals surface area contributed by atoms with Crippen molar-refractivity contribution in [2.45, 2.75) is 84.5 Å². The molecular formula is C45H45N. The zero-order chi connectivity index (χ0) is 32.2. The highest BCUT2D eigenvalue weighted by Gasteiger charge is 2.40. The SMILES string of the molecule is CC1=CCCc2cccc(N(c3ccc4c(c3)C(C)(C)c3ccccc3-4)c3ccc4c(c3)C(C)(C)c3cccc(C(C)(C)C)c3-4)c21. The van der Waals surface area contributed by atoms with E-state index in [4.69, 9.17) is 0 Å². The smallest absolute Gasteiger partial charge is 0.0539 e. The molecule has 0 heterocycles. The molecule has 0 unspecified atom stereocenters. The number of anilines is 3. The van der Waals surface area contributed by atoms with Crippen molar-refractivity contribution in [1.82, 2.24) is 0 Å². The van der Waals surface area contributed by atoms with Gasteiger partial charge in [-0.3, -0.25) is 0 Å². The van der Waals surface area contributed by atoms with Gasteiger partial charge in [0.05, 0.1) is 5.69 Å². The Kier molecular flexibility index (Phi) is 6.21. The van der Waals surface area contributed by atoms with Gasteiger partial charge in [-0.05, 0) is 117 Å². The van der Waals surface area contributed by atoms with Gasteiger partial charge in [-0.15, -0.1) is 0 Å². The fourth-order valence-electron chi connectivity index (χ4n) is 8.78. The molecule has 0 aromatic heterocycles. The lowest BCUT2D eigenvalue weighted by atomic mass is 9.79. The van der Waals surface area contributed by atoms with E-state index < -0.39 is 0 Å². The van der Waals surface area contributed by atoms with E-state index >= 15 is 0 Å². The standard InChI is InChI=1S/C45H45N/c1-28-14-11-15-29-16-12-21-40(41(28)29)46(30-22-24-33-32-17-9-10-18-35(32)44(5,6)38(33)26-30)31-23-25-34-39(27-31)45(7,8)37-20-13-19-36(42(34)37)43(2,3)4/h9-10,12-14,16-27H,11,15H2,1-8H3. The lowest BCUT2D eigenvalue weighted by molar-refractivity contribution is 0.589. The molecule has 46 heavy (non-hydrogen) atoms. The summed E-state index contributed by atoms with van der Waals surface area (Å²) in [5.74, 6) is 0. The summed E-state index contributed by atoms with van der Waals surface area (Å²) in [4.78, 5) is 2.55. The van der Waals surface area contributed by atoms with Crippen LogP contribution in [0, 0.1) is 0 Å². The van der Waals surface area contributed by atoms with Crippen LogP contribution in [0.15, 0.2) is 103 Å². The van der Waals surface area contributed by atoms with Crippen LogP contribution in [0.4, 0.5) is 17.1 Å². The molecule has 0 radical (unpaired) electrons. The van der Waals surface area contributed by atoms with Crippen molar-refractivity contribution in [1.29, 1.82) is 0 Å². The quantitative estimate of drug-likeness (QED) is 0.199. The van der Waals surface area contributed by atoms with Gasteiger partial charge in [0.15, 0.2) is 0 Å². The predicted octanol–water partition coefficient (Wildman–Crippen LogP) is 12.4. The first-order chi connectivity index (χ1) is 21.9. The van der Waals surface area contributed by atoms with E-state index in [0.29, 0.717) is 0 Å². The molecule has 0 saturated carbocycles. The van der Waals surface area contributed by atoms with E-state index in [2.05, 4.69) is 163 Å². The molecule has 0 spiro atoms. The maximum absolute atomic E-state index is 2.55. The van der Waals surface area contributed by atoms with Gasteiger partial charge >= 0.3 is 0 Å². The van der Waals surface area contributed by atoms with Gasteiger partial charge in [0.1, 0.15) is 0 Å². The van der Waals surface area contributed by atoms with Crippen LogP contribution in [0.2, 0.25) is 0 Å². The monoisotopic (exact) mass is 599 g/mol. The minimum Gasteiger partial charge on any atom is -0.310 e. The third kappa shape index (κ3) is 4.07. The summed E-state index contributed by atoms with van der Waals surface area (Å²) in [6.45, 7) is 18.9. The summed E-state index contributed by atoms with van der Waals surface area (Å²) in [6, 6.07) is 37.3. The van der Waals surface area contributed by atoms with Crippen LogP contribution in [0.3, 0.4) is 0 Å². The van der Waals surface area contributed by atoms with Crippen LogP contribution in [-0.2, 0) is 22.7 Å². The summed E-state index contributed by atoms with van der Waals surface area (Å²) in [5, 5.41) is 0. The van der Waals surface area contributed by atoms with Gasteiger partial charge in [0, 0.05) is 27.8 Å². The molecule has 3 aliphatic carbocycles. The fraction of sp³-hybridized carbons (Fsp3) is 0.289. The third-order valence-corrected chi connectivity index (χ3v) is 11.2. The lowest BCUT2D eigenvalue weighted by Crippen LogP contribution is -2.19. The van der Waals surface area contributed by atoms with Crippen LogP contribution in [0.1, 0.15) is 101 Å². The minimum atomic E-state index is -0.0961. The Balaban J connectivity index is 1.37. The van der Waals surface area contributed by atoms with E-state index in [1.165, 1.54) is 83.8 Å². The first kappa shape index (κ1) is 29.1. The average molecular weight is 600 g/mol. The number of aryl methyl sites for hydroxylation is 1. The molecule has 0 fully saturated rings. The minimum absolute atomic E-state index is 0.0650. The molecule has 1 heteroatoms. The highest BCUT2D eigenvalue weighted by atomic mass is 15.1. The second kappa shape index (κ2) is 9.82. The Labute approximate surface area is 275 Å². The molecule has 0 bridgehead atoms. The van der Waals surface area contributed by atoms with Gasteiger partial charge in [-0.1, -0.05) is 121 Å². The van der Waals surface area contributed by atoms with Gasteiger partial charge in [-0.2, -0.15) is 0 Å². The highest BCUT2D eigenvalue weighted by molar-refractivity contribution is 5.92. The molecule has 5 aromatic rings. The number of hydrogen-bond acceptors (Lipinski definition) is 1. The maximum Gasteiger partial charge on any atom is 0.0539 e. The van der Waals surface area contributed by atoms with Crippen molar-refractivity contribution < 1.29 is 0 Å². The average Bonchev–Trinajstić information content (AvgIpc) is 3.40. The molecule has 3 aliphatic rings. The molecule has 8 rings (SSSR count). The summed E-state index contributed by atoms with van der Waals surface area (Å²) < 4.78 is 0. The Morgan fingerprint density at radius 2 is 1.20 bits per heavy atom. The van der Waals surface area contributed by atoms with Crippen molar-refractivity contribution in [3.8, 4) is 22.3 Å².